The number of fused-ring (bicyclic) bond motifs is 1. The highest BCUT2D eigenvalue weighted by Crippen LogP contribution is 2.45. The van der Waals surface area contributed by atoms with Crippen molar-refractivity contribution in [2.75, 3.05) is 19.8 Å². The minimum Gasteiger partial charge on any atom is -0.372 e. The van der Waals surface area contributed by atoms with Gasteiger partial charge in [0, 0.05) is 25.7 Å². The topological polar surface area (TPSA) is 64.6 Å². The van der Waals surface area contributed by atoms with E-state index in [1.165, 1.54) is 5.56 Å². The van der Waals surface area contributed by atoms with Gasteiger partial charge in [-0.2, -0.15) is 0 Å². The standard InChI is InChI=1S/C27H29N3O2/c31-26(27(32,21-12-6-2-7-13-21)22-14-8-3-9-15-22)29-19-28-25-23-17-30(18-24(23)25)16-20-10-4-1-5-11-20/h1-15,23-25,28,32H,16-19H2,(H,29,31)/t23-,24+,25?. The van der Waals surface area contributed by atoms with Gasteiger partial charge >= 0.3 is 0 Å². The van der Waals surface area contributed by atoms with Crippen LogP contribution in [0.4, 0.5) is 0 Å². The van der Waals surface area contributed by atoms with E-state index in [1.807, 2.05) is 36.4 Å². The van der Waals surface area contributed by atoms with Gasteiger partial charge < -0.3 is 10.4 Å². The molecule has 0 radical (unpaired) electrons. The lowest BCUT2D eigenvalue weighted by molar-refractivity contribution is -0.136. The van der Waals surface area contributed by atoms with E-state index in [2.05, 4.69) is 45.9 Å². The molecule has 3 aromatic rings. The van der Waals surface area contributed by atoms with Crippen LogP contribution in [0.1, 0.15) is 16.7 Å². The van der Waals surface area contributed by atoms with Gasteiger partial charge in [-0.05, 0) is 28.5 Å². The fourth-order valence-electron chi connectivity index (χ4n) is 5.05. The number of aliphatic hydroxyl groups is 1. The van der Waals surface area contributed by atoms with Crippen LogP contribution in [-0.2, 0) is 16.9 Å². The highest BCUT2D eigenvalue weighted by molar-refractivity contribution is 5.90. The molecule has 5 rings (SSSR count). The SMILES string of the molecule is O=C(NCNC1[C@H]2CN(Cc3ccccc3)C[C@@H]12)C(O)(c1ccccc1)c1ccccc1. The van der Waals surface area contributed by atoms with Crippen LogP contribution in [0, 0.1) is 11.8 Å². The van der Waals surface area contributed by atoms with Gasteiger partial charge in [0.05, 0.1) is 6.67 Å². The fourth-order valence-corrected chi connectivity index (χ4v) is 5.05. The zero-order chi connectivity index (χ0) is 22.0. The first-order chi connectivity index (χ1) is 15.7. The first kappa shape index (κ1) is 20.9. The second-order valence-electron chi connectivity index (χ2n) is 8.86. The Kier molecular flexibility index (Phi) is 5.79. The molecule has 3 N–H and O–H groups in total. The molecule has 0 aromatic heterocycles. The Morgan fingerprint density at radius 1 is 0.844 bits per heavy atom. The van der Waals surface area contributed by atoms with E-state index < -0.39 is 11.5 Å². The van der Waals surface area contributed by atoms with E-state index in [0.29, 0.717) is 35.7 Å². The van der Waals surface area contributed by atoms with E-state index in [-0.39, 0.29) is 0 Å². The molecule has 1 unspecified atom stereocenters. The third kappa shape index (κ3) is 4.07. The van der Waals surface area contributed by atoms with E-state index in [9.17, 15) is 9.90 Å². The van der Waals surface area contributed by atoms with Crippen LogP contribution in [0.3, 0.4) is 0 Å². The Morgan fingerprint density at radius 3 is 1.88 bits per heavy atom. The lowest BCUT2D eigenvalue weighted by atomic mass is 9.85. The Balaban J connectivity index is 1.16. The number of likely N-dealkylation sites (tertiary alicyclic amines) is 1. The number of hydrogen-bond acceptors (Lipinski definition) is 4. The Hall–Kier alpha value is -2.99. The highest BCUT2D eigenvalue weighted by atomic mass is 16.3. The first-order valence-corrected chi connectivity index (χ1v) is 11.3. The van der Waals surface area contributed by atoms with E-state index >= 15 is 0 Å². The normalized spacial score (nSPS) is 22.3. The van der Waals surface area contributed by atoms with Gasteiger partial charge in [0.2, 0.25) is 0 Å². The second-order valence-corrected chi connectivity index (χ2v) is 8.86. The summed E-state index contributed by atoms with van der Waals surface area (Å²) >= 11 is 0. The van der Waals surface area contributed by atoms with Crippen molar-refractivity contribution >= 4 is 5.91 Å². The molecule has 3 aromatic carbocycles. The monoisotopic (exact) mass is 427 g/mol. The van der Waals surface area contributed by atoms with Crippen LogP contribution in [0.5, 0.6) is 0 Å². The molecule has 164 valence electrons. The van der Waals surface area contributed by atoms with Crippen molar-refractivity contribution in [1.29, 1.82) is 0 Å². The minimum absolute atomic E-state index is 0.344. The van der Waals surface area contributed by atoms with Gasteiger partial charge in [0.25, 0.3) is 5.91 Å². The number of amides is 1. The summed E-state index contributed by atoms with van der Waals surface area (Å²) < 4.78 is 0. The molecule has 1 aliphatic carbocycles. The summed E-state index contributed by atoms with van der Waals surface area (Å²) in [7, 11) is 0. The molecular weight excluding hydrogens is 398 g/mol. The van der Waals surface area contributed by atoms with Crippen LogP contribution >= 0.6 is 0 Å². The minimum atomic E-state index is -1.73. The zero-order valence-corrected chi connectivity index (χ0v) is 18.0. The van der Waals surface area contributed by atoms with Crippen molar-refractivity contribution in [1.82, 2.24) is 15.5 Å². The summed E-state index contributed by atoms with van der Waals surface area (Å²) in [6.45, 7) is 3.52. The summed E-state index contributed by atoms with van der Waals surface area (Å²) in [6, 6.07) is 29.2. The maximum atomic E-state index is 13.2. The summed E-state index contributed by atoms with van der Waals surface area (Å²) in [5, 5.41) is 17.9. The number of nitrogens with one attached hydrogen (secondary N) is 2. The number of carbonyl (C=O) groups is 1. The van der Waals surface area contributed by atoms with Gasteiger partial charge in [-0.25, -0.2) is 0 Å². The van der Waals surface area contributed by atoms with Crippen molar-refractivity contribution in [3.8, 4) is 0 Å². The summed E-state index contributed by atoms with van der Waals surface area (Å²) in [5.74, 6) is 0.856. The second kappa shape index (κ2) is 8.87. The van der Waals surface area contributed by atoms with Crippen molar-refractivity contribution in [3.05, 3.63) is 108 Å². The van der Waals surface area contributed by atoms with E-state index in [1.54, 1.807) is 24.3 Å². The quantitative estimate of drug-likeness (QED) is 0.484. The Bertz CT molecular complexity index is 991. The third-order valence-corrected chi connectivity index (χ3v) is 6.82. The number of carbonyl (C=O) groups excluding carboxylic acids is 1. The molecule has 32 heavy (non-hydrogen) atoms. The molecule has 5 heteroatoms. The molecule has 5 nitrogen and oxygen atoms in total. The average Bonchev–Trinajstić information content (AvgIpc) is 3.30. The predicted molar refractivity (Wildman–Crippen MR) is 125 cm³/mol. The van der Waals surface area contributed by atoms with Crippen molar-refractivity contribution in [2.45, 2.75) is 18.2 Å². The van der Waals surface area contributed by atoms with Gasteiger partial charge in [0.1, 0.15) is 0 Å². The van der Waals surface area contributed by atoms with Gasteiger partial charge in [-0.3, -0.25) is 15.0 Å². The van der Waals surface area contributed by atoms with E-state index in [4.69, 9.17) is 0 Å². The fraction of sp³-hybridized carbons (Fsp3) is 0.296. The molecule has 1 amide bonds. The summed E-state index contributed by atoms with van der Waals surface area (Å²) in [4.78, 5) is 15.7. The summed E-state index contributed by atoms with van der Waals surface area (Å²) in [5.41, 5.74) is 0.745. The van der Waals surface area contributed by atoms with Crippen molar-refractivity contribution in [3.63, 3.8) is 0 Å². The number of piperidine rings is 1. The van der Waals surface area contributed by atoms with Crippen LogP contribution in [0.15, 0.2) is 91.0 Å². The maximum Gasteiger partial charge on any atom is 0.262 e. The number of hydrogen-bond donors (Lipinski definition) is 3. The van der Waals surface area contributed by atoms with Crippen LogP contribution in [-0.4, -0.2) is 41.7 Å². The van der Waals surface area contributed by atoms with E-state index in [0.717, 1.165) is 19.6 Å². The first-order valence-electron chi connectivity index (χ1n) is 11.3. The van der Waals surface area contributed by atoms with Gasteiger partial charge in [-0.15, -0.1) is 0 Å². The largest absolute Gasteiger partial charge is 0.372 e. The lowest BCUT2D eigenvalue weighted by Gasteiger charge is -2.28. The maximum absolute atomic E-state index is 13.2. The number of rotatable bonds is 8. The van der Waals surface area contributed by atoms with Crippen LogP contribution < -0.4 is 10.6 Å². The van der Waals surface area contributed by atoms with Gasteiger partial charge in [-0.1, -0.05) is 91.0 Å². The van der Waals surface area contributed by atoms with Crippen LogP contribution in [0.25, 0.3) is 0 Å². The Morgan fingerprint density at radius 2 is 1.34 bits per heavy atom. The number of benzene rings is 3. The smallest absolute Gasteiger partial charge is 0.262 e. The molecule has 0 spiro atoms. The summed E-state index contributed by atoms with van der Waals surface area (Å²) in [6.07, 6.45) is 0. The molecule has 1 heterocycles. The molecule has 1 saturated carbocycles. The zero-order valence-electron chi connectivity index (χ0n) is 18.0. The molecule has 2 fully saturated rings. The molecule has 2 aliphatic rings. The molecule has 0 bridgehead atoms. The number of nitrogens with zero attached hydrogens (tertiary/aromatic N) is 1. The predicted octanol–water partition coefficient (Wildman–Crippen LogP) is 2.72. The molecule has 1 aliphatic heterocycles. The highest BCUT2D eigenvalue weighted by Gasteiger charge is 2.55. The van der Waals surface area contributed by atoms with Gasteiger partial charge in [0.15, 0.2) is 5.60 Å². The molecule has 3 atom stereocenters. The molecular formula is C27H29N3O2. The van der Waals surface area contributed by atoms with Crippen molar-refractivity contribution in [2.24, 2.45) is 11.8 Å². The Labute approximate surface area is 189 Å². The van der Waals surface area contributed by atoms with Crippen molar-refractivity contribution < 1.29 is 9.90 Å². The molecule has 1 saturated heterocycles. The average molecular weight is 428 g/mol. The third-order valence-electron chi connectivity index (χ3n) is 6.82. The van der Waals surface area contributed by atoms with Crippen LogP contribution in [0.2, 0.25) is 0 Å². The lowest BCUT2D eigenvalue weighted by Crippen LogP contribution is -2.48.